The van der Waals surface area contributed by atoms with Crippen molar-refractivity contribution in [1.29, 1.82) is 0 Å². The number of methoxy groups -OCH3 is 2. The minimum Gasteiger partial charge on any atom is -0.496 e. The molecule has 5 nitrogen and oxygen atoms in total. The van der Waals surface area contributed by atoms with Crippen LogP contribution < -0.4 is 15.2 Å². The highest BCUT2D eigenvalue weighted by Gasteiger charge is 2.29. The van der Waals surface area contributed by atoms with Gasteiger partial charge in [-0.25, -0.2) is 0 Å². The maximum Gasteiger partial charge on any atom is 0.312 e. The SMILES string of the molecule is COc1cc(C(CN)C(=O)O)c(OC)c2c1CCC2. The molecule has 19 heavy (non-hydrogen) atoms. The molecule has 0 spiro atoms. The first-order chi connectivity index (χ1) is 9.13. The van der Waals surface area contributed by atoms with Gasteiger partial charge in [0.05, 0.1) is 20.1 Å². The largest absolute Gasteiger partial charge is 0.496 e. The normalized spacial score (nSPS) is 14.9. The topological polar surface area (TPSA) is 81.8 Å². The molecular formula is C14H19NO4. The fourth-order valence-corrected chi connectivity index (χ4v) is 2.78. The Hall–Kier alpha value is -1.75. The van der Waals surface area contributed by atoms with E-state index in [0.717, 1.165) is 36.1 Å². The molecule has 0 saturated heterocycles. The molecular weight excluding hydrogens is 246 g/mol. The Labute approximate surface area is 112 Å². The number of benzene rings is 1. The van der Waals surface area contributed by atoms with Gasteiger partial charge in [-0.1, -0.05) is 0 Å². The van der Waals surface area contributed by atoms with Crippen LogP contribution in [-0.2, 0) is 17.6 Å². The summed E-state index contributed by atoms with van der Waals surface area (Å²) < 4.78 is 10.8. The van der Waals surface area contributed by atoms with Crippen molar-refractivity contribution in [1.82, 2.24) is 0 Å². The summed E-state index contributed by atoms with van der Waals surface area (Å²) >= 11 is 0. The number of rotatable bonds is 5. The van der Waals surface area contributed by atoms with Crippen molar-refractivity contribution in [3.8, 4) is 11.5 Å². The van der Waals surface area contributed by atoms with Crippen LogP contribution in [0.2, 0.25) is 0 Å². The zero-order chi connectivity index (χ0) is 14.0. The van der Waals surface area contributed by atoms with Gasteiger partial charge in [-0.3, -0.25) is 4.79 Å². The molecule has 0 saturated carbocycles. The molecule has 0 fully saturated rings. The standard InChI is InChI=1S/C14H19NO4/c1-18-12-6-10(11(7-15)14(16)17)13(19-2)9-5-3-4-8(9)12/h6,11H,3-5,7,15H2,1-2H3,(H,16,17). The third-order valence-corrected chi connectivity index (χ3v) is 3.67. The number of carboxylic acids is 1. The summed E-state index contributed by atoms with van der Waals surface area (Å²) in [7, 11) is 3.17. The van der Waals surface area contributed by atoms with Crippen molar-refractivity contribution >= 4 is 5.97 Å². The number of carbonyl (C=O) groups is 1. The Balaban J connectivity index is 2.63. The van der Waals surface area contributed by atoms with Crippen LogP contribution in [0.15, 0.2) is 6.07 Å². The predicted molar refractivity (Wildman–Crippen MR) is 71.0 cm³/mol. The summed E-state index contributed by atoms with van der Waals surface area (Å²) in [6.45, 7) is 0.0354. The van der Waals surface area contributed by atoms with E-state index >= 15 is 0 Å². The van der Waals surface area contributed by atoms with E-state index in [0.29, 0.717) is 11.3 Å². The molecule has 2 rings (SSSR count). The Kier molecular flexibility index (Phi) is 3.95. The van der Waals surface area contributed by atoms with Gasteiger partial charge >= 0.3 is 5.97 Å². The van der Waals surface area contributed by atoms with E-state index in [1.807, 2.05) is 0 Å². The summed E-state index contributed by atoms with van der Waals surface area (Å²) in [5.74, 6) is -0.315. The van der Waals surface area contributed by atoms with E-state index in [4.69, 9.17) is 15.2 Å². The molecule has 0 bridgehead atoms. The van der Waals surface area contributed by atoms with Gasteiger partial charge < -0.3 is 20.3 Å². The quantitative estimate of drug-likeness (QED) is 0.839. The summed E-state index contributed by atoms with van der Waals surface area (Å²) in [4.78, 5) is 11.3. The number of fused-ring (bicyclic) bond motifs is 1. The van der Waals surface area contributed by atoms with Gasteiger partial charge in [0.15, 0.2) is 0 Å². The molecule has 0 radical (unpaired) electrons. The Morgan fingerprint density at radius 3 is 2.58 bits per heavy atom. The summed E-state index contributed by atoms with van der Waals surface area (Å²) in [6.07, 6.45) is 2.86. The number of ether oxygens (including phenoxy) is 2. The fraction of sp³-hybridized carbons (Fsp3) is 0.500. The maximum absolute atomic E-state index is 11.3. The second kappa shape index (κ2) is 5.48. The van der Waals surface area contributed by atoms with Crippen LogP contribution in [0.1, 0.15) is 29.0 Å². The van der Waals surface area contributed by atoms with Gasteiger partial charge in [-0.2, -0.15) is 0 Å². The Morgan fingerprint density at radius 1 is 1.37 bits per heavy atom. The zero-order valence-electron chi connectivity index (χ0n) is 11.2. The average molecular weight is 265 g/mol. The molecule has 3 N–H and O–H groups in total. The van der Waals surface area contributed by atoms with Crippen molar-refractivity contribution in [3.05, 3.63) is 22.8 Å². The zero-order valence-corrected chi connectivity index (χ0v) is 11.2. The minimum absolute atomic E-state index is 0.0354. The second-order valence-corrected chi connectivity index (χ2v) is 4.64. The highest BCUT2D eigenvalue weighted by atomic mass is 16.5. The van der Waals surface area contributed by atoms with Gasteiger partial charge in [0.25, 0.3) is 0 Å². The lowest BCUT2D eigenvalue weighted by Crippen LogP contribution is -2.22. The number of hydrogen-bond donors (Lipinski definition) is 2. The lowest BCUT2D eigenvalue weighted by Gasteiger charge is -2.20. The van der Waals surface area contributed by atoms with E-state index in [2.05, 4.69) is 0 Å². The molecule has 0 amide bonds. The second-order valence-electron chi connectivity index (χ2n) is 4.64. The number of carboxylic acid groups (broad SMARTS) is 1. The van der Waals surface area contributed by atoms with Crippen LogP contribution in [0.25, 0.3) is 0 Å². The molecule has 5 heteroatoms. The van der Waals surface area contributed by atoms with Gasteiger partial charge in [-0.05, 0) is 25.3 Å². The number of hydrogen-bond acceptors (Lipinski definition) is 4. The van der Waals surface area contributed by atoms with Crippen molar-refractivity contribution in [2.24, 2.45) is 5.73 Å². The lowest BCUT2D eigenvalue weighted by atomic mass is 9.93. The Morgan fingerprint density at radius 2 is 2.05 bits per heavy atom. The molecule has 1 aromatic rings. The summed E-state index contributed by atoms with van der Waals surface area (Å²) in [5, 5.41) is 9.28. The Bertz CT molecular complexity index is 499. The first-order valence-electron chi connectivity index (χ1n) is 6.33. The van der Waals surface area contributed by atoms with E-state index in [9.17, 15) is 9.90 Å². The van der Waals surface area contributed by atoms with E-state index in [-0.39, 0.29) is 6.54 Å². The smallest absolute Gasteiger partial charge is 0.312 e. The molecule has 0 aliphatic heterocycles. The molecule has 1 unspecified atom stereocenters. The number of aliphatic carboxylic acids is 1. The van der Waals surface area contributed by atoms with Crippen LogP contribution in [0.4, 0.5) is 0 Å². The molecule has 1 aromatic carbocycles. The third kappa shape index (κ3) is 2.26. The molecule has 1 aliphatic rings. The molecule has 1 aliphatic carbocycles. The van der Waals surface area contributed by atoms with Gasteiger partial charge in [0, 0.05) is 23.2 Å². The average Bonchev–Trinajstić information content (AvgIpc) is 2.87. The van der Waals surface area contributed by atoms with Gasteiger partial charge in [0.2, 0.25) is 0 Å². The minimum atomic E-state index is -0.944. The van der Waals surface area contributed by atoms with Gasteiger partial charge in [0.1, 0.15) is 11.5 Å². The first kappa shape index (κ1) is 13.7. The maximum atomic E-state index is 11.3. The molecule has 104 valence electrons. The van der Waals surface area contributed by atoms with Gasteiger partial charge in [-0.15, -0.1) is 0 Å². The third-order valence-electron chi connectivity index (χ3n) is 3.67. The highest BCUT2D eigenvalue weighted by molar-refractivity contribution is 5.78. The van der Waals surface area contributed by atoms with Crippen LogP contribution in [0, 0.1) is 0 Å². The number of nitrogens with two attached hydrogens (primary N) is 1. The van der Waals surface area contributed by atoms with Crippen LogP contribution in [-0.4, -0.2) is 31.8 Å². The van der Waals surface area contributed by atoms with E-state index < -0.39 is 11.9 Å². The van der Waals surface area contributed by atoms with Crippen molar-refractivity contribution in [2.75, 3.05) is 20.8 Å². The fourth-order valence-electron chi connectivity index (χ4n) is 2.78. The van der Waals surface area contributed by atoms with Crippen LogP contribution >= 0.6 is 0 Å². The van der Waals surface area contributed by atoms with E-state index in [1.54, 1.807) is 20.3 Å². The predicted octanol–water partition coefficient (Wildman–Crippen LogP) is 1.32. The lowest BCUT2D eigenvalue weighted by molar-refractivity contribution is -0.138. The van der Waals surface area contributed by atoms with Crippen molar-refractivity contribution < 1.29 is 19.4 Å². The van der Waals surface area contributed by atoms with Crippen LogP contribution in [0.3, 0.4) is 0 Å². The van der Waals surface area contributed by atoms with E-state index in [1.165, 1.54) is 0 Å². The highest BCUT2D eigenvalue weighted by Crippen LogP contribution is 2.42. The molecule has 0 aromatic heterocycles. The summed E-state index contributed by atoms with van der Waals surface area (Å²) in [5.41, 5.74) is 8.39. The molecule has 1 atom stereocenters. The monoisotopic (exact) mass is 265 g/mol. The summed E-state index contributed by atoms with van der Waals surface area (Å²) in [6, 6.07) is 1.76. The van der Waals surface area contributed by atoms with Crippen molar-refractivity contribution in [3.63, 3.8) is 0 Å². The first-order valence-corrected chi connectivity index (χ1v) is 6.33. The molecule has 0 heterocycles. The van der Waals surface area contributed by atoms with Crippen LogP contribution in [0.5, 0.6) is 11.5 Å². The van der Waals surface area contributed by atoms with Crippen molar-refractivity contribution in [2.45, 2.75) is 25.2 Å².